The van der Waals surface area contributed by atoms with Crippen LogP contribution in [0, 0.1) is 27.2 Å². The van der Waals surface area contributed by atoms with Gasteiger partial charge in [-0.1, -0.05) is 30.3 Å². The summed E-state index contributed by atoms with van der Waals surface area (Å²) in [5.41, 5.74) is -0.535. The maximum absolute atomic E-state index is 12.6. The Kier molecular flexibility index (Phi) is 8.07. The molecule has 0 atom stereocenters. The Hall–Kier alpha value is -4.65. The van der Waals surface area contributed by atoms with Crippen molar-refractivity contribution in [3.05, 3.63) is 84.8 Å². The van der Waals surface area contributed by atoms with Crippen molar-refractivity contribution in [1.82, 2.24) is 0 Å². The molecule has 0 aliphatic rings. The van der Waals surface area contributed by atoms with E-state index in [1.54, 1.807) is 36.6 Å². The van der Waals surface area contributed by atoms with Gasteiger partial charge in [0.2, 0.25) is 0 Å². The zero-order valence-corrected chi connectivity index (χ0v) is 19.8. The van der Waals surface area contributed by atoms with E-state index in [1.165, 1.54) is 6.92 Å². The lowest BCUT2D eigenvalue weighted by atomic mass is 10.0. The Labute approximate surface area is 207 Å². The van der Waals surface area contributed by atoms with Gasteiger partial charge in [0.1, 0.15) is 16.1 Å². The zero-order chi connectivity index (χ0) is 26.4. The van der Waals surface area contributed by atoms with Crippen molar-refractivity contribution < 1.29 is 33.7 Å². The van der Waals surface area contributed by atoms with Gasteiger partial charge in [-0.25, -0.2) is 9.59 Å². The van der Waals surface area contributed by atoms with E-state index in [0.717, 1.165) is 29.0 Å². The van der Waals surface area contributed by atoms with Gasteiger partial charge in [-0.15, -0.1) is 11.3 Å². The minimum absolute atomic E-state index is 0.114. The van der Waals surface area contributed by atoms with E-state index in [0.29, 0.717) is 5.56 Å². The van der Waals surface area contributed by atoms with Crippen LogP contribution < -0.4 is 5.32 Å². The van der Waals surface area contributed by atoms with Gasteiger partial charge >= 0.3 is 11.9 Å². The predicted octanol–water partition coefficient (Wildman–Crippen LogP) is 4.51. The SMILES string of the molecule is CCOC(=O)c1c(-c2ccccc2)csc1NC(=O)COC(=O)c1cc([N+](=O)[O-])c(C)c([N+](=O)[O-])c1. The molecule has 3 rings (SSSR count). The summed E-state index contributed by atoms with van der Waals surface area (Å²) in [6.07, 6.45) is 0. The third-order valence-electron chi connectivity index (χ3n) is 4.92. The predicted molar refractivity (Wildman–Crippen MR) is 129 cm³/mol. The van der Waals surface area contributed by atoms with Gasteiger partial charge in [-0.2, -0.15) is 0 Å². The maximum atomic E-state index is 12.6. The third kappa shape index (κ3) is 5.70. The molecule has 13 heteroatoms. The molecule has 0 radical (unpaired) electrons. The molecule has 1 amide bonds. The number of thiophene rings is 1. The number of anilines is 1. The summed E-state index contributed by atoms with van der Waals surface area (Å²) < 4.78 is 10.0. The molecule has 36 heavy (non-hydrogen) atoms. The van der Waals surface area contributed by atoms with Crippen molar-refractivity contribution in [3.63, 3.8) is 0 Å². The number of rotatable bonds is 9. The summed E-state index contributed by atoms with van der Waals surface area (Å²) in [6, 6.07) is 10.7. The summed E-state index contributed by atoms with van der Waals surface area (Å²) >= 11 is 1.07. The number of nitro groups is 2. The molecule has 0 fully saturated rings. The highest BCUT2D eigenvalue weighted by molar-refractivity contribution is 7.15. The lowest BCUT2D eigenvalue weighted by Crippen LogP contribution is -2.22. The first-order valence-electron chi connectivity index (χ1n) is 10.4. The summed E-state index contributed by atoms with van der Waals surface area (Å²) in [6.45, 7) is 2.13. The highest BCUT2D eigenvalue weighted by Gasteiger charge is 2.27. The van der Waals surface area contributed by atoms with Gasteiger partial charge < -0.3 is 14.8 Å². The first kappa shape index (κ1) is 26.0. The molecule has 1 aromatic heterocycles. The maximum Gasteiger partial charge on any atom is 0.341 e. The van der Waals surface area contributed by atoms with E-state index < -0.39 is 51.2 Å². The topological polar surface area (TPSA) is 168 Å². The third-order valence-corrected chi connectivity index (χ3v) is 5.82. The van der Waals surface area contributed by atoms with E-state index in [-0.39, 0.29) is 22.7 Å². The number of esters is 2. The Balaban J connectivity index is 1.78. The van der Waals surface area contributed by atoms with Crippen molar-refractivity contribution in [3.8, 4) is 11.1 Å². The van der Waals surface area contributed by atoms with Crippen molar-refractivity contribution in [2.75, 3.05) is 18.5 Å². The summed E-state index contributed by atoms with van der Waals surface area (Å²) in [5.74, 6) is -2.62. The van der Waals surface area contributed by atoms with Crippen LogP contribution in [0.5, 0.6) is 0 Å². The molecule has 186 valence electrons. The molecule has 12 nitrogen and oxygen atoms in total. The molecule has 3 aromatic rings. The number of nitrogens with one attached hydrogen (secondary N) is 1. The molecule has 0 saturated heterocycles. The number of amides is 1. The van der Waals surface area contributed by atoms with Crippen LogP contribution in [0.1, 0.15) is 33.2 Å². The molecule has 0 aliphatic heterocycles. The summed E-state index contributed by atoms with van der Waals surface area (Å²) in [7, 11) is 0. The van der Waals surface area contributed by atoms with Gasteiger partial charge in [0.25, 0.3) is 17.3 Å². The smallest absolute Gasteiger partial charge is 0.341 e. The lowest BCUT2D eigenvalue weighted by Gasteiger charge is -2.09. The van der Waals surface area contributed by atoms with E-state index in [9.17, 15) is 34.6 Å². The number of hydrogen-bond acceptors (Lipinski definition) is 10. The second-order valence-corrected chi connectivity index (χ2v) is 8.10. The van der Waals surface area contributed by atoms with Crippen molar-refractivity contribution >= 4 is 45.6 Å². The number of nitro benzene ring substituents is 2. The first-order valence-corrected chi connectivity index (χ1v) is 11.3. The van der Waals surface area contributed by atoms with Crippen molar-refractivity contribution in [1.29, 1.82) is 0 Å². The Morgan fingerprint density at radius 2 is 1.58 bits per heavy atom. The fourth-order valence-corrected chi connectivity index (χ4v) is 4.22. The van der Waals surface area contributed by atoms with E-state index in [2.05, 4.69) is 5.32 Å². The number of carbonyl (C=O) groups excluding carboxylic acids is 3. The quantitative estimate of drug-likeness (QED) is 0.246. The highest BCUT2D eigenvalue weighted by atomic mass is 32.1. The van der Waals surface area contributed by atoms with Gasteiger partial charge in [-0.05, 0) is 19.4 Å². The molecule has 0 unspecified atom stereocenters. The molecule has 0 aliphatic carbocycles. The van der Waals surface area contributed by atoms with Crippen LogP contribution in [0.2, 0.25) is 0 Å². The Bertz CT molecular complexity index is 1320. The number of nitrogens with zero attached hydrogens (tertiary/aromatic N) is 2. The molecule has 1 N–H and O–H groups in total. The van der Waals surface area contributed by atoms with Crippen molar-refractivity contribution in [2.45, 2.75) is 13.8 Å². The Morgan fingerprint density at radius 3 is 2.14 bits per heavy atom. The van der Waals surface area contributed by atoms with Crippen LogP contribution >= 0.6 is 11.3 Å². The normalized spacial score (nSPS) is 10.4. The molecule has 0 bridgehead atoms. The monoisotopic (exact) mass is 513 g/mol. The molecular formula is C23H19N3O9S. The van der Waals surface area contributed by atoms with Gasteiger partial charge in [-0.3, -0.25) is 25.0 Å². The number of benzene rings is 2. The molecular weight excluding hydrogens is 494 g/mol. The molecule has 0 saturated carbocycles. The fraction of sp³-hybridized carbons (Fsp3) is 0.174. The molecule has 2 aromatic carbocycles. The number of ether oxygens (including phenoxy) is 2. The Morgan fingerprint density at radius 1 is 0.972 bits per heavy atom. The highest BCUT2D eigenvalue weighted by Crippen LogP contribution is 2.36. The van der Waals surface area contributed by atoms with E-state index in [1.807, 2.05) is 6.07 Å². The summed E-state index contributed by atoms with van der Waals surface area (Å²) in [4.78, 5) is 58.2. The minimum atomic E-state index is -1.17. The van der Waals surface area contributed by atoms with Crippen LogP contribution in [-0.2, 0) is 14.3 Å². The van der Waals surface area contributed by atoms with Crippen LogP contribution in [0.25, 0.3) is 11.1 Å². The van der Waals surface area contributed by atoms with Crippen LogP contribution in [-0.4, -0.2) is 40.9 Å². The average molecular weight is 513 g/mol. The van der Waals surface area contributed by atoms with Gasteiger partial charge in [0.15, 0.2) is 6.61 Å². The minimum Gasteiger partial charge on any atom is -0.462 e. The second-order valence-electron chi connectivity index (χ2n) is 7.22. The van der Waals surface area contributed by atoms with Gasteiger partial charge in [0, 0.05) is 23.1 Å². The lowest BCUT2D eigenvalue weighted by molar-refractivity contribution is -0.395. The first-order chi connectivity index (χ1) is 17.1. The number of hydrogen-bond donors (Lipinski definition) is 1. The van der Waals surface area contributed by atoms with Crippen LogP contribution in [0.15, 0.2) is 47.8 Å². The van der Waals surface area contributed by atoms with Crippen LogP contribution in [0.4, 0.5) is 16.4 Å². The van der Waals surface area contributed by atoms with Crippen LogP contribution in [0.3, 0.4) is 0 Å². The van der Waals surface area contributed by atoms with Gasteiger partial charge in [0.05, 0.1) is 22.0 Å². The fourth-order valence-electron chi connectivity index (χ4n) is 3.24. The summed E-state index contributed by atoms with van der Waals surface area (Å²) in [5, 5.41) is 26.8. The van der Waals surface area contributed by atoms with E-state index >= 15 is 0 Å². The number of carbonyl (C=O) groups is 3. The molecule has 0 spiro atoms. The largest absolute Gasteiger partial charge is 0.462 e. The second kappa shape index (κ2) is 11.2. The standard InChI is InChI=1S/C23H19N3O9S/c1-3-34-23(29)20-16(14-7-5-4-6-8-14)12-36-21(20)24-19(27)11-35-22(28)15-9-17(25(30)31)13(2)18(10-15)26(32)33/h4-10,12H,3,11H2,1-2H3,(H,24,27). The molecule has 1 heterocycles. The van der Waals surface area contributed by atoms with Crippen molar-refractivity contribution in [2.24, 2.45) is 0 Å². The van der Waals surface area contributed by atoms with E-state index in [4.69, 9.17) is 9.47 Å². The zero-order valence-electron chi connectivity index (χ0n) is 19.0. The average Bonchev–Trinajstić information content (AvgIpc) is 3.26.